The van der Waals surface area contributed by atoms with Gasteiger partial charge in [-0.2, -0.15) is 5.10 Å². The second-order valence-electron chi connectivity index (χ2n) is 5.78. The lowest BCUT2D eigenvalue weighted by atomic mass is 10.2. The van der Waals surface area contributed by atoms with Gasteiger partial charge in [0.15, 0.2) is 10.8 Å². The summed E-state index contributed by atoms with van der Waals surface area (Å²) in [6.07, 6.45) is 1.62. The van der Waals surface area contributed by atoms with E-state index in [0.29, 0.717) is 10.8 Å². The van der Waals surface area contributed by atoms with Crippen molar-refractivity contribution >= 4 is 28.1 Å². The molecule has 8 nitrogen and oxygen atoms in total. The summed E-state index contributed by atoms with van der Waals surface area (Å²) in [7, 11) is 0. The van der Waals surface area contributed by atoms with Crippen molar-refractivity contribution in [3.8, 4) is 16.9 Å². The number of non-ortho nitro benzene ring substituents is 1. The molecule has 0 aliphatic heterocycles. The zero-order chi connectivity index (χ0) is 19.5. The number of thiazole rings is 1. The van der Waals surface area contributed by atoms with Gasteiger partial charge in [0, 0.05) is 29.3 Å². The highest BCUT2D eigenvalue weighted by molar-refractivity contribution is 7.14. The first-order valence-electron chi connectivity index (χ1n) is 8.23. The fraction of sp³-hybridized carbons (Fsp3) is 0. The third-order valence-electron chi connectivity index (χ3n) is 3.94. The molecule has 138 valence electrons. The van der Waals surface area contributed by atoms with Gasteiger partial charge in [0.05, 0.1) is 16.3 Å². The Balaban J connectivity index is 1.48. The van der Waals surface area contributed by atoms with Crippen LogP contribution in [0.3, 0.4) is 0 Å². The van der Waals surface area contributed by atoms with E-state index in [-0.39, 0.29) is 17.3 Å². The number of rotatable bonds is 5. The van der Waals surface area contributed by atoms with Gasteiger partial charge in [0.25, 0.3) is 11.6 Å². The number of carbonyl (C=O) groups is 1. The van der Waals surface area contributed by atoms with Crippen molar-refractivity contribution in [1.29, 1.82) is 0 Å². The van der Waals surface area contributed by atoms with Gasteiger partial charge in [-0.05, 0) is 18.2 Å². The third-order valence-corrected chi connectivity index (χ3v) is 4.70. The predicted molar refractivity (Wildman–Crippen MR) is 106 cm³/mol. The Hall–Kier alpha value is -3.85. The maximum Gasteiger partial charge on any atom is 0.277 e. The van der Waals surface area contributed by atoms with Crippen LogP contribution in [0.15, 0.2) is 72.2 Å². The number of hydrogen-bond acceptors (Lipinski definition) is 6. The molecule has 2 aromatic carbocycles. The number of amides is 1. The Labute approximate surface area is 163 Å². The van der Waals surface area contributed by atoms with Crippen LogP contribution in [-0.2, 0) is 0 Å². The maximum absolute atomic E-state index is 12.4. The number of hydrogen-bond donors (Lipinski definition) is 1. The van der Waals surface area contributed by atoms with E-state index < -0.39 is 4.92 Å². The van der Waals surface area contributed by atoms with Gasteiger partial charge in [0.1, 0.15) is 0 Å². The van der Waals surface area contributed by atoms with E-state index in [0.717, 1.165) is 11.3 Å². The summed E-state index contributed by atoms with van der Waals surface area (Å²) < 4.78 is 1.48. The second-order valence-corrected chi connectivity index (χ2v) is 6.64. The molecule has 2 aromatic heterocycles. The van der Waals surface area contributed by atoms with E-state index in [9.17, 15) is 14.9 Å². The van der Waals surface area contributed by atoms with Crippen LogP contribution in [0.2, 0.25) is 0 Å². The fourth-order valence-electron chi connectivity index (χ4n) is 2.55. The van der Waals surface area contributed by atoms with Gasteiger partial charge in [-0.3, -0.25) is 20.2 Å². The molecule has 0 saturated heterocycles. The highest BCUT2D eigenvalue weighted by Gasteiger charge is 2.14. The van der Waals surface area contributed by atoms with Crippen LogP contribution in [0.4, 0.5) is 10.8 Å². The predicted octanol–water partition coefficient (Wildman–Crippen LogP) is 4.16. The van der Waals surface area contributed by atoms with Crippen LogP contribution in [0.1, 0.15) is 10.5 Å². The summed E-state index contributed by atoms with van der Waals surface area (Å²) in [5.41, 5.74) is 2.59. The van der Waals surface area contributed by atoms with E-state index in [1.807, 2.05) is 35.7 Å². The number of nitro benzene ring substituents is 1. The summed E-state index contributed by atoms with van der Waals surface area (Å²) in [5.74, 6) is -0.380. The zero-order valence-corrected chi connectivity index (χ0v) is 15.2. The maximum atomic E-state index is 12.4. The second kappa shape index (κ2) is 7.41. The average Bonchev–Trinajstić information content (AvgIpc) is 3.39. The molecule has 28 heavy (non-hydrogen) atoms. The molecule has 1 N–H and O–H groups in total. The van der Waals surface area contributed by atoms with Gasteiger partial charge >= 0.3 is 0 Å². The van der Waals surface area contributed by atoms with Crippen LogP contribution >= 0.6 is 11.3 Å². The summed E-state index contributed by atoms with van der Waals surface area (Å²) in [4.78, 5) is 27.1. The van der Waals surface area contributed by atoms with E-state index in [1.54, 1.807) is 24.4 Å². The lowest BCUT2D eigenvalue weighted by Crippen LogP contribution is -2.13. The minimum atomic E-state index is -0.469. The number of carbonyl (C=O) groups excluding carboxylic acids is 1. The van der Waals surface area contributed by atoms with Gasteiger partial charge in [0.2, 0.25) is 0 Å². The Kier molecular flexibility index (Phi) is 4.65. The van der Waals surface area contributed by atoms with Crippen molar-refractivity contribution in [3.63, 3.8) is 0 Å². The summed E-state index contributed by atoms with van der Waals surface area (Å²) >= 11 is 1.33. The molecule has 0 aliphatic rings. The molecule has 0 aliphatic carbocycles. The number of anilines is 1. The smallest absolute Gasteiger partial charge is 0.277 e. The van der Waals surface area contributed by atoms with Crippen LogP contribution in [0, 0.1) is 10.1 Å². The molecule has 0 bridgehead atoms. The molecule has 0 saturated carbocycles. The Morgan fingerprint density at radius 3 is 2.54 bits per heavy atom. The number of benzene rings is 2. The first-order valence-corrected chi connectivity index (χ1v) is 9.11. The topological polar surface area (TPSA) is 103 Å². The van der Waals surface area contributed by atoms with Crippen molar-refractivity contribution in [3.05, 3.63) is 88.0 Å². The molecule has 1 amide bonds. The van der Waals surface area contributed by atoms with E-state index >= 15 is 0 Å². The van der Waals surface area contributed by atoms with Gasteiger partial charge < -0.3 is 0 Å². The fourth-order valence-corrected chi connectivity index (χ4v) is 3.26. The van der Waals surface area contributed by atoms with Crippen molar-refractivity contribution in [2.24, 2.45) is 0 Å². The minimum Gasteiger partial charge on any atom is -0.296 e. The van der Waals surface area contributed by atoms with Crippen molar-refractivity contribution in [2.45, 2.75) is 0 Å². The Morgan fingerprint density at radius 2 is 1.82 bits per heavy atom. The number of nitro groups is 1. The third kappa shape index (κ3) is 3.64. The summed E-state index contributed by atoms with van der Waals surface area (Å²) in [5, 5.41) is 20.1. The average molecular weight is 391 g/mol. The molecule has 4 aromatic rings. The standard InChI is InChI=1S/C19H13N5O3S/c25-18(21-19-20-17(12-28-19)13-4-2-1-3-5-13)16-10-11-23(22-16)14-6-8-15(9-7-14)24(26)27/h1-12H,(H,20,21,25). The molecule has 9 heteroatoms. The van der Waals surface area contributed by atoms with E-state index in [4.69, 9.17) is 0 Å². The molecular weight excluding hydrogens is 378 g/mol. The van der Waals surface area contributed by atoms with E-state index in [2.05, 4.69) is 15.4 Å². The van der Waals surface area contributed by atoms with Crippen LogP contribution in [0.5, 0.6) is 0 Å². The van der Waals surface area contributed by atoms with Crippen molar-refractivity contribution in [1.82, 2.24) is 14.8 Å². The zero-order valence-electron chi connectivity index (χ0n) is 14.4. The molecule has 0 atom stereocenters. The molecule has 0 fully saturated rings. The minimum absolute atomic E-state index is 0.00753. The van der Waals surface area contributed by atoms with Crippen molar-refractivity contribution in [2.75, 3.05) is 5.32 Å². The highest BCUT2D eigenvalue weighted by Crippen LogP contribution is 2.25. The van der Waals surface area contributed by atoms with Gasteiger partial charge in [-0.1, -0.05) is 30.3 Å². The van der Waals surface area contributed by atoms with Crippen LogP contribution < -0.4 is 5.32 Å². The number of nitrogens with one attached hydrogen (secondary N) is 1. The van der Waals surface area contributed by atoms with Crippen LogP contribution in [0.25, 0.3) is 16.9 Å². The number of nitrogens with zero attached hydrogens (tertiary/aromatic N) is 4. The lowest BCUT2D eigenvalue weighted by Gasteiger charge is -2.01. The van der Waals surface area contributed by atoms with Gasteiger partial charge in [-0.15, -0.1) is 11.3 Å². The van der Waals surface area contributed by atoms with E-state index in [1.165, 1.54) is 28.2 Å². The summed E-state index contributed by atoms with van der Waals surface area (Å²) in [6, 6.07) is 17.2. The molecule has 0 unspecified atom stereocenters. The number of aromatic nitrogens is 3. The molecule has 0 spiro atoms. The first-order chi connectivity index (χ1) is 13.6. The largest absolute Gasteiger partial charge is 0.296 e. The van der Waals surface area contributed by atoms with Crippen molar-refractivity contribution < 1.29 is 9.72 Å². The lowest BCUT2D eigenvalue weighted by molar-refractivity contribution is -0.384. The quantitative estimate of drug-likeness (QED) is 0.406. The highest BCUT2D eigenvalue weighted by atomic mass is 32.1. The Morgan fingerprint density at radius 1 is 1.07 bits per heavy atom. The van der Waals surface area contributed by atoms with Gasteiger partial charge in [-0.25, -0.2) is 9.67 Å². The molecule has 0 radical (unpaired) electrons. The Bertz CT molecular complexity index is 1140. The molecule has 2 heterocycles. The first kappa shape index (κ1) is 17.6. The molecule has 4 rings (SSSR count). The monoisotopic (exact) mass is 391 g/mol. The normalized spacial score (nSPS) is 10.6. The molecular formula is C19H13N5O3S. The SMILES string of the molecule is O=C(Nc1nc(-c2ccccc2)cs1)c1ccn(-c2ccc([N+](=O)[O-])cc2)n1. The summed E-state index contributed by atoms with van der Waals surface area (Å²) in [6.45, 7) is 0. The van der Waals surface area contributed by atoms with Crippen LogP contribution in [-0.4, -0.2) is 25.6 Å².